The summed E-state index contributed by atoms with van der Waals surface area (Å²) in [5, 5.41) is 9.28. The predicted molar refractivity (Wildman–Crippen MR) is 68.4 cm³/mol. The van der Waals surface area contributed by atoms with Crippen molar-refractivity contribution in [2.24, 2.45) is 11.1 Å². The van der Waals surface area contributed by atoms with Crippen LogP contribution in [0, 0.1) is 5.41 Å². The number of hydrogen-bond acceptors (Lipinski definition) is 3. The van der Waals surface area contributed by atoms with Crippen molar-refractivity contribution in [1.82, 2.24) is 4.90 Å². The fraction of sp³-hybridized carbons (Fsp3) is 1.00. The van der Waals surface area contributed by atoms with Gasteiger partial charge in [-0.05, 0) is 45.2 Å². The van der Waals surface area contributed by atoms with Crippen molar-refractivity contribution >= 4 is 0 Å². The van der Waals surface area contributed by atoms with Crippen molar-refractivity contribution in [2.75, 3.05) is 26.7 Å². The quantitative estimate of drug-likeness (QED) is 0.726. The summed E-state index contributed by atoms with van der Waals surface area (Å²) in [6, 6.07) is 0. The molecule has 0 saturated heterocycles. The van der Waals surface area contributed by atoms with E-state index in [1.807, 2.05) is 6.92 Å². The number of aliphatic hydroxyl groups excluding tert-OH is 1. The molecule has 0 aromatic heterocycles. The highest BCUT2D eigenvalue weighted by Crippen LogP contribution is 2.35. The standard InChI is InChI=1S/C13H28N2O/c1-12(16)6-9-15(2)11-13(10-14)7-4-3-5-8-13/h12,16H,3-11,14H2,1-2H3. The zero-order chi connectivity index (χ0) is 12.0. The van der Waals surface area contributed by atoms with Gasteiger partial charge < -0.3 is 15.7 Å². The molecule has 0 amide bonds. The van der Waals surface area contributed by atoms with E-state index in [1.165, 1.54) is 32.1 Å². The maximum Gasteiger partial charge on any atom is 0.0524 e. The minimum Gasteiger partial charge on any atom is -0.393 e. The van der Waals surface area contributed by atoms with Crippen molar-refractivity contribution < 1.29 is 5.11 Å². The molecule has 0 aromatic rings. The second kappa shape index (κ2) is 6.58. The van der Waals surface area contributed by atoms with Gasteiger partial charge in [0.2, 0.25) is 0 Å². The highest BCUT2D eigenvalue weighted by Gasteiger charge is 2.31. The van der Waals surface area contributed by atoms with Gasteiger partial charge in [0.1, 0.15) is 0 Å². The van der Waals surface area contributed by atoms with Crippen LogP contribution in [0.5, 0.6) is 0 Å². The molecule has 0 aromatic carbocycles. The number of aliphatic hydroxyl groups is 1. The van der Waals surface area contributed by atoms with Crippen LogP contribution in [-0.4, -0.2) is 42.8 Å². The van der Waals surface area contributed by atoms with Crippen LogP contribution >= 0.6 is 0 Å². The fourth-order valence-electron chi connectivity index (χ4n) is 2.79. The number of nitrogens with zero attached hydrogens (tertiary/aromatic N) is 1. The zero-order valence-electron chi connectivity index (χ0n) is 10.9. The highest BCUT2D eigenvalue weighted by atomic mass is 16.3. The Hall–Kier alpha value is -0.120. The van der Waals surface area contributed by atoms with Gasteiger partial charge in [-0.2, -0.15) is 0 Å². The summed E-state index contributed by atoms with van der Waals surface area (Å²) in [5.41, 5.74) is 6.32. The molecule has 16 heavy (non-hydrogen) atoms. The van der Waals surface area contributed by atoms with Crippen molar-refractivity contribution in [3.05, 3.63) is 0 Å². The molecule has 1 aliphatic rings. The molecule has 0 heterocycles. The molecule has 0 spiro atoms. The second-order valence-electron chi connectivity index (χ2n) is 5.64. The van der Waals surface area contributed by atoms with Crippen LogP contribution in [0.1, 0.15) is 45.4 Å². The van der Waals surface area contributed by atoms with Crippen molar-refractivity contribution in [1.29, 1.82) is 0 Å². The Labute approximate surface area is 100 Å². The third-order valence-electron chi connectivity index (χ3n) is 3.88. The van der Waals surface area contributed by atoms with Gasteiger partial charge in [0.25, 0.3) is 0 Å². The average molecular weight is 228 g/mol. The van der Waals surface area contributed by atoms with Crippen molar-refractivity contribution in [3.63, 3.8) is 0 Å². The SMILES string of the molecule is CC(O)CCN(C)CC1(CN)CCCCC1. The van der Waals surface area contributed by atoms with Gasteiger partial charge in [0.15, 0.2) is 0 Å². The van der Waals surface area contributed by atoms with E-state index in [0.717, 1.165) is 26.1 Å². The summed E-state index contributed by atoms with van der Waals surface area (Å²) >= 11 is 0. The largest absolute Gasteiger partial charge is 0.393 e. The Balaban J connectivity index is 2.36. The summed E-state index contributed by atoms with van der Waals surface area (Å²) in [6.45, 7) is 4.73. The fourth-order valence-corrected chi connectivity index (χ4v) is 2.79. The second-order valence-corrected chi connectivity index (χ2v) is 5.64. The van der Waals surface area contributed by atoms with Gasteiger partial charge in [-0.15, -0.1) is 0 Å². The Bertz CT molecular complexity index is 188. The Morgan fingerprint density at radius 2 is 1.94 bits per heavy atom. The number of nitrogens with two attached hydrogens (primary N) is 1. The number of rotatable bonds is 6. The van der Waals surface area contributed by atoms with Crippen molar-refractivity contribution in [2.45, 2.75) is 51.6 Å². The first kappa shape index (κ1) is 13.9. The molecule has 96 valence electrons. The molecule has 1 saturated carbocycles. The van der Waals surface area contributed by atoms with E-state index in [9.17, 15) is 5.11 Å². The van der Waals surface area contributed by atoms with Gasteiger partial charge in [0, 0.05) is 13.1 Å². The molecule has 3 nitrogen and oxygen atoms in total. The summed E-state index contributed by atoms with van der Waals surface area (Å²) in [5.74, 6) is 0. The van der Waals surface area contributed by atoms with Crippen LogP contribution < -0.4 is 5.73 Å². The maximum atomic E-state index is 9.28. The lowest BCUT2D eigenvalue weighted by Crippen LogP contribution is -2.43. The minimum absolute atomic E-state index is 0.192. The molecule has 1 unspecified atom stereocenters. The van der Waals surface area contributed by atoms with Crippen LogP contribution in [0.2, 0.25) is 0 Å². The summed E-state index contributed by atoms with van der Waals surface area (Å²) in [7, 11) is 2.15. The Kier molecular flexibility index (Phi) is 5.73. The van der Waals surface area contributed by atoms with E-state index >= 15 is 0 Å². The molecular weight excluding hydrogens is 200 g/mol. The lowest BCUT2D eigenvalue weighted by Gasteiger charge is -2.39. The minimum atomic E-state index is -0.192. The van der Waals surface area contributed by atoms with E-state index in [1.54, 1.807) is 0 Å². The van der Waals surface area contributed by atoms with Crippen LogP contribution in [0.25, 0.3) is 0 Å². The third-order valence-corrected chi connectivity index (χ3v) is 3.88. The molecule has 0 radical (unpaired) electrons. The Morgan fingerprint density at radius 3 is 2.44 bits per heavy atom. The topological polar surface area (TPSA) is 49.5 Å². The predicted octanol–water partition coefficient (Wildman–Crippen LogP) is 1.60. The normalized spacial score (nSPS) is 22.3. The monoisotopic (exact) mass is 228 g/mol. The lowest BCUT2D eigenvalue weighted by atomic mass is 9.74. The molecule has 1 rings (SSSR count). The molecular formula is C13H28N2O. The molecule has 0 bridgehead atoms. The zero-order valence-corrected chi connectivity index (χ0v) is 10.9. The van der Waals surface area contributed by atoms with E-state index in [0.29, 0.717) is 5.41 Å². The number of hydrogen-bond donors (Lipinski definition) is 2. The Morgan fingerprint density at radius 1 is 1.31 bits per heavy atom. The molecule has 3 heteroatoms. The van der Waals surface area contributed by atoms with Gasteiger partial charge in [-0.25, -0.2) is 0 Å². The first-order valence-electron chi connectivity index (χ1n) is 6.65. The maximum absolute atomic E-state index is 9.28. The van der Waals surface area contributed by atoms with Gasteiger partial charge in [-0.1, -0.05) is 19.3 Å². The molecule has 0 aliphatic heterocycles. The average Bonchev–Trinajstić information content (AvgIpc) is 2.28. The smallest absolute Gasteiger partial charge is 0.0524 e. The van der Waals surface area contributed by atoms with Crippen molar-refractivity contribution in [3.8, 4) is 0 Å². The van der Waals surface area contributed by atoms with E-state index in [4.69, 9.17) is 5.73 Å². The molecule has 3 N–H and O–H groups in total. The highest BCUT2D eigenvalue weighted by molar-refractivity contribution is 4.86. The molecule has 1 aliphatic carbocycles. The van der Waals surface area contributed by atoms with Gasteiger partial charge in [0.05, 0.1) is 6.10 Å². The first-order valence-corrected chi connectivity index (χ1v) is 6.65. The van der Waals surface area contributed by atoms with E-state index in [2.05, 4.69) is 11.9 Å². The van der Waals surface area contributed by atoms with Gasteiger partial charge >= 0.3 is 0 Å². The van der Waals surface area contributed by atoms with Crippen LogP contribution in [0.4, 0.5) is 0 Å². The van der Waals surface area contributed by atoms with Gasteiger partial charge in [-0.3, -0.25) is 0 Å². The van der Waals surface area contributed by atoms with Crippen LogP contribution in [-0.2, 0) is 0 Å². The van der Waals surface area contributed by atoms with Crippen LogP contribution in [0.3, 0.4) is 0 Å². The summed E-state index contributed by atoms with van der Waals surface area (Å²) in [6.07, 6.45) is 7.27. The van der Waals surface area contributed by atoms with E-state index < -0.39 is 0 Å². The molecule has 1 fully saturated rings. The summed E-state index contributed by atoms with van der Waals surface area (Å²) in [4.78, 5) is 2.34. The van der Waals surface area contributed by atoms with Crippen LogP contribution in [0.15, 0.2) is 0 Å². The molecule has 1 atom stereocenters. The third kappa shape index (κ3) is 4.40. The lowest BCUT2D eigenvalue weighted by molar-refractivity contribution is 0.110. The first-order chi connectivity index (χ1) is 7.58. The summed E-state index contributed by atoms with van der Waals surface area (Å²) < 4.78 is 0. The van der Waals surface area contributed by atoms with E-state index in [-0.39, 0.29) is 6.10 Å².